The predicted molar refractivity (Wildman–Crippen MR) is 109 cm³/mol. The summed E-state index contributed by atoms with van der Waals surface area (Å²) in [6.45, 7) is 1.53. The van der Waals surface area contributed by atoms with E-state index in [-0.39, 0.29) is 22.7 Å². The van der Waals surface area contributed by atoms with Crippen molar-refractivity contribution in [2.24, 2.45) is 5.92 Å². The van der Waals surface area contributed by atoms with Crippen LogP contribution in [0, 0.1) is 17.6 Å². The van der Waals surface area contributed by atoms with Crippen LogP contribution >= 0.6 is 0 Å². The number of alkyl halides is 3. The molecule has 0 radical (unpaired) electrons. The molecule has 1 aromatic heterocycles. The number of hydrogen-bond acceptors (Lipinski definition) is 6. The molecule has 4 atom stereocenters. The number of amides is 1. The molecule has 0 aliphatic carbocycles. The van der Waals surface area contributed by atoms with Gasteiger partial charge < -0.3 is 24.6 Å². The number of nitrogens with one attached hydrogen (secondary N) is 1. The molecule has 1 aromatic carbocycles. The van der Waals surface area contributed by atoms with E-state index in [2.05, 4.69) is 10.3 Å². The number of carbonyl (C=O) groups is 1. The van der Waals surface area contributed by atoms with E-state index in [1.54, 1.807) is 0 Å². The van der Waals surface area contributed by atoms with Gasteiger partial charge in [0.25, 0.3) is 5.91 Å². The largest absolute Gasteiger partial charge is 0.493 e. The number of pyridine rings is 1. The Hall–Kier alpha value is -2.99. The first-order valence-corrected chi connectivity index (χ1v) is 10.1. The maximum absolute atomic E-state index is 14.4. The average Bonchev–Trinajstić information content (AvgIpc) is 3.07. The molecular weight excluding hydrogens is 467 g/mol. The molecular formula is C22H23F5N2O5. The fraction of sp³-hybridized carbons (Fsp3) is 0.455. The van der Waals surface area contributed by atoms with Gasteiger partial charge in [0.1, 0.15) is 6.10 Å². The molecule has 0 bridgehead atoms. The third-order valence-electron chi connectivity index (χ3n) is 6.13. The first kappa shape index (κ1) is 25.6. The maximum atomic E-state index is 14.4. The van der Waals surface area contributed by atoms with E-state index in [0.29, 0.717) is 0 Å². The highest BCUT2D eigenvalue weighted by Gasteiger charge is 2.65. The van der Waals surface area contributed by atoms with Gasteiger partial charge >= 0.3 is 6.18 Å². The van der Waals surface area contributed by atoms with E-state index >= 15 is 0 Å². The molecule has 7 nitrogen and oxygen atoms in total. The quantitative estimate of drug-likeness (QED) is 0.597. The summed E-state index contributed by atoms with van der Waals surface area (Å²) in [6.07, 6.45) is -5.44. The minimum atomic E-state index is -4.88. The molecule has 186 valence electrons. The molecule has 3 rings (SSSR count). The molecule has 1 amide bonds. The van der Waals surface area contributed by atoms with Crippen LogP contribution in [-0.2, 0) is 16.1 Å². The standard InChI is InChI=1S/C22H23F5N2O5/c1-10-15(13-5-6-14(23)16(24)17(13)32-3)18(34-21(10,2)22(25,26)27)19(31)29-12-7-11(9-30)20(33-4)28-8-12/h5-8,10,15,18,30H,9H2,1-4H3,(H,29,31)/t10-,15-,18+,21+/m0/s1. The average molecular weight is 490 g/mol. The molecule has 2 aromatic rings. The van der Waals surface area contributed by atoms with Crippen molar-refractivity contribution in [3.8, 4) is 11.6 Å². The fourth-order valence-corrected chi connectivity index (χ4v) is 4.12. The number of carbonyl (C=O) groups excluding carboxylic acids is 1. The third kappa shape index (κ3) is 4.27. The summed E-state index contributed by atoms with van der Waals surface area (Å²) in [6, 6.07) is 3.15. The van der Waals surface area contributed by atoms with Gasteiger partial charge in [-0.05, 0) is 19.1 Å². The lowest BCUT2D eigenvalue weighted by Crippen LogP contribution is -2.47. The van der Waals surface area contributed by atoms with Crippen molar-refractivity contribution < 1.29 is 46.1 Å². The van der Waals surface area contributed by atoms with Crippen LogP contribution in [-0.4, -0.2) is 48.1 Å². The van der Waals surface area contributed by atoms with Crippen LogP contribution in [0.15, 0.2) is 24.4 Å². The summed E-state index contributed by atoms with van der Waals surface area (Å²) in [5.41, 5.74) is -2.64. The summed E-state index contributed by atoms with van der Waals surface area (Å²) in [4.78, 5) is 17.1. The van der Waals surface area contributed by atoms with E-state index in [1.165, 1.54) is 26.3 Å². The van der Waals surface area contributed by atoms with Crippen molar-refractivity contribution in [2.75, 3.05) is 19.5 Å². The monoisotopic (exact) mass is 490 g/mol. The van der Waals surface area contributed by atoms with E-state index in [4.69, 9.17) is 14.2 Å². The van der Waals surface area contributed by atoms with Gasteiger partial charge in [-0.3, -0.25) is 4.79 Å². The molecule has 2 N–H and O–H groups in total. The van der Waals surface area contributed by atoms with Gasteiger partial charge in [0.2, 0.25) is 11.7 Å². The molecule has 34 heavy (non-hydrogen) atoms. The number of rotatable bonds is 6. The number of aliphatic hydroxyl groups is 1. The summed E-state index contributed by atoms with van der Waals surface area (Å²) in [5, 5.41) is 11.9. The Kier molecular flexibility index (Phi) is 7.04. The first-order valence-electron chi connectivity index (χ1n) is 10.1. The van der Waals surface area contributed by atoms with Crippen LogP contribution in [0.3, 0.4) is 0 Å². The summed E-state index contributed by atoms with van der Waals surface area (Å²) >= 11 is 0. The van der Waals surface area contributed by atoms with Crippen LogP contribution in [0.5, 0.6) is 11.6 Å². The topological polar surface area (TPSA) is 89.9 Å². The van der Waals surface area contributed by atoms with Crippen molar-refractivity contribution >= 4 is 11.6 Å². The van der Waals surface area contributed by atoms with Crippen molar-refractivity contribution in [3.63, 3.8) is 0 Å². The van der Waals surface area contributed by atoms with Crippen molar-refractivity contribution in [1.82, 2.24) is 4.98 Å². The highest BCUT2D eigenvalue weighted by Crippen LogP contribution is 2.55. The molecule has 1 fully saturated rings. The molecule has 0 unspecified atom stereocenters. The van der Waals surface area contributed by atoms with Crippen molar-refractivity contribution in [1.29, 1.82) is 0 Å². The van der Waals surface area contributed by atoms with Crippen LogP contribution < -0.4 is 14.8 Å². The Morgan fingerprint density at radius 1 is 1.26 bits per heavy atom. The minimum absolute atomic E-state index is 0.0581. The number of methoxy groups -OCH3 is 2. The Morgan fingerprint density at radius 3 is 2.50 bits per heavy atom. The lowest BCUT2D eigenvalue weighted by Gasteiger charge is -2.32. The second kappa shape index (κ2) is 9.34. The molecule has 1 saturated heterocycles. The van der Waals surface area contributed by atoms with E-state index in [9.17, 15) is 31.9 Å². The molecule has 2 heterocycles. The van der Waals surface area contributed by atoms with E-state index < -0.39 is 59.6 Å². The van der Waals surface area contributed by atoms with Gasteiger partial charge in [-0.15, -0.1) is 0 Å². The number of anilines is 1. The maximum Gasteiger partial charge on any atom is 0.417 e. The molecule has 1 aliphatic heterocycles. The van der Waals surface area contributed by atoms with Crippen LogP contribution in [0.2, 0.25) is 0 Å². The van der Waals surface area contributed by atoms with E-state index in [1.807, 2.05) is 0 Å². The highest BCUT2D eigenvalue weighted by atomic mass is 19.4. The number of aliphatic hydroxyl groups excluding tert-OH is 1. The number of halogens is 5. The van der Waals surface area contributed by atoms with Gasteiger partial charge in [0, 0.05) is 23.0 Å². The number of benzene rings is 1. The van der Waals surface area contributed by atoms with Gasteiger partial charge in [-0.1, -0.05) is 13.0 Å². The van der Waals surface area contributed by atoms with Crippen LogP contribution in [0.1, 0.15) is 30.9 Å². The molecule has 1 aliphatic rings. The highest BCUT2D eigenvalue weighted by molar-refractivity contribution is 5.95. The lowest BCUT2D eigenvalue weighted by atomic mass is 9.77. The zero-order chi connectivity index (χ0) is 25.4. The SMILES string of the molecule is COc1ncc(NC(=O)[C@@H]2O[C@@](C)(C(F)(F)F)[C@@H](C)[C@H]2c2ccc(F)c(F)c2OC)cc1CO. The van der Waals surface area contributed by atoms with Crippen LogP contribution in [0.4, 0.5) is 27.6 Å². The zero-order valence-corrected chi connectivity index (χ0v) is 18.7. The zero-order valence-electron chi connectivity index (χ0n) is 18.7. The Labute approximate surface area is 191 Å². The summed E-state index contributed by atoms with van der Waals surface area (Å²) in [7, 11) is 2.37. The Balaban J connectivity index is 2.06. The first-order chi connectivity index (χ1) is 15.9. The number of ether oxygens (including phenoxy) is 3. The Morgan fingerprint density at radius 2 is 1.94 bits per heavy atom. The second-order valence-electron chi connectivity index (χ2n) is 7.98. The van der Waals surface area contributed by atoms with Gasteiger partial charge in [0.05, 0.1) is 32.7 Å². The Bertz CT molecular complexity index is 1080. The van der Waals surface area contributed by atoms with Crippen LogP contribution in [0.25, 0.3) is 0 Å². The number of hydrogen-bond donors (Lipinski definition) is 2. The fourth-order valence-electron chi connectivity index (χ4n) is 4.12. The predicted octanol–water partition coefficient (Wildman–Crippen LogP) is 3.95. The number of aromatic nitrogens is 1. The molecule has 0 saturated carbocycles. The normalized spacial score (nSPS) is 24.7. The lowest BCUT2D eigenvalue weighted by molar-refractivity contribution is -0.272. The summed E-state index contributed by atoms with van der Waals surface area (Å²) < 4.78 is 85.3. The minimum Gasteiger partial charge on any atom is -0.493 e. The second-order valence-corrected chi connectivity index (χ2v) is 7.98. The van der Waals surface area contributed by atoms with Gasteiger partial charge in [-0.2, -0.15) is 17.6 Å². The summed E-state index contributed by atoms with van der Waals surface area (Å²) in [5.74, 6) is -6.87. The van der Waals surface area contributed by atoms with Crippen molar-refractivity contribution in [3.05, 3.63) is 47.2 Å². The van der Waals surface area contributed by atoms with Gasteiger partial charge in [0.15, 0.2) is 17.2 Å². The molecule has 12 heteroatoms. The number of nitrogens with zero attached hydrogens (tertiary/aromatic N) is 1. The van der Waals surface area contributed by atoms with E-state index in [0.717, 1.165) is 26.2 Å². The third-order valence-corrected chi connectivity index (χ3v) is 6.13. The molecule has 0 spiro atoms. The van der Waals surface area contributed by atoms with Crippen molar-refractivity contribution in [2.45, 2.75) is 44.3 Å². The smallest absolute Gasteiger partial charge is 0.417 e. The van der Waals surface area contributed by atoms with Gasteiger partial charge in [-0.25, -0.2) is 9.37 Å².